The van der Waals surface area contributed by atoms with Crippen molar-refractivity contribution in [2.45, 2.75) is 50.6 Å². The summed E-state index contributed by atoms with van der Waals surface area (Å²) < 4.78 is 10.3. The molecule has 1 rings (SSSR count). The van der Waals surface area contributed by atoms with Crippen LogP contribution in [-0.4, -0.2) is 70.9 Å². The van der Waals surface area contributed by atoms with Gasteiger partial charge in [0, 0.05) is 6.92 Å². The molecule has 1 amide bonds. The first-order valence-electron chi connectivity index (χ1n) is 5.91. The molecule has 1 heterocycles. The lowest BCUT2D eigenvalue weighted by atomic mass is 9.96. The number of carbonyl (C=O) groups excluding carboxylic acids is 2. The van der Waals surface area contributed by atoms with Gasteiger partial charge >= 0.3 is 0 Å². The molecule has 0 unspecified atom stereocenters. The van der Waals surface area contributed by atoms with Crippen LogP contribution in [-0.2, 0) is 19.1 Å². The van der Waals surface area contributed by atoms with Crippen molar-refractivity contribution in [1.29, 1.82) is 0 Å². The van der Waals surface area contributed by atoms with Crippen LogP contribution in [0.4, 0.5) is 0 Å². The van der Waals surface area contributed by atoms with Crippen molar-refractivity contribution in [1.82, 2.24) is 5.32 Å². The molecule has 1 saturated heterocycles. The lowest BCUT2D eigenvalue weighted by Gasteiger charge is -2.42. The number of hydrogen-bond donors (Lipinski definition) is 4. The zero-order valence-electron chi connectivity index (χ0n) is 10.7. The number of nitrogens with one attached hydrogen (secondary N) is 1. The molecule has 0 bridgehead atoms. The van der Waals surface area contributed by atoms with E-state index < -0.39 is 49.3 Å². The predicted octanol–water partition coefficient (Wildman–Crippen LogP) is -2.47. The molecule has 4 N–H and O–H groups in total. The third-order valence-corrected chi connectivity index (χ3v) is 2.81. The van der Waals surface area contributed by atoms with Crippen LogP contribution in [0, 0.1) is 0 Å². The number of aldehydes is 1. The SMILES string of the molecule is CC(=O)N[C@@H]1[C@@H](O[C@H](C)C=O)[C@H](O)[C@@H](CO)O[C@H]1O. The molecule has 6 atom stereocenters. The molecule has 0 aromatic rings. The maximum atomic E-state index is 11.1. The summed E-state index contributed by atoms with van der Waals surface area (Å²) in [4.78, 5) is 21.7. The smallest absolute Gasteiger partial charge is 0.217 e. The van der Waals surface area contributed by atoms with Crippen molar-refractivity contribution < 1.29 is 34.4 Å². The van der Waals surface area contributed by atoms with Gasteiger partial charge in [0.1, 0.15) is 36.7 Å². The van der Waals surface area contributed by atoms with E-state index in [1.807, 2.05) is 0 Å². The van der Waals surface area contributed by atoms with E-state index in [4.69, 9.17) is 14.6 Å². The molecule has 1 aliphatic rings. The Kier molecular flexibility index (Phi) is 5.83. The molecule has 0 spiro atoms. The van der Waals surface area contributed by atoms with E-state index >= 15 is 0 Å². The minimum atomic E-state index is -1.45. The fourth-order valence-electron chi connectivity index (χ4n) is 1.91. The fourth-order valence-corrected chi connectivity index (χ4v) is 1.91. The summed E-state index contributed by atoms with van der Waals surface area (Å²) in [5.41, 5.74) is 0. The van der Waals surface area contributed by atoms with Gasteiger partial charge in [-0.05, 0) is 6.92 Å². The summed E-state index contributed by atoms with van der Waals surface area (Å²) in [6, 6.07) is -1.03. The Bertz CT molecular complexity index is 324. The Morgan fingerprint density at radius 2 is 2.16 bits per heavy atom. The van der Waals surface area contributed by atoms with Crippen LogP contribution in [0.15, 0.2) is 0 Å². The van der Waals surface area contributed by atoms with Gasteiger partial charge in [-0.3, -0.25) is 4.79 Å². The quantitative estimate of drug-likeness (QED) is 0.410. The van der Waals surface area contributed by atoms with Gasteiger partial charge in [0.15, 0.2) is 6.29 Å². The van der Waals surface area contributed by atoms with Crippen molar-refractivity contribution in [2.24, 2.45) is 0 Å². The number of hydrogen-bond acceptors (Lipinski definition) is 7. The lowest BCUT2D eigenvalue weighted by molar-refractivity contribution is -0.265. The second kappa shape index (κ2) is 6.92. The summed E-state index contributed by atoms with van der Waals surface area (Å²) in [6.07, 6.45) is -5.16. The predicted molar refractivity (Wildman–Crippen MR) is 62.0 cm³/mol. The van der Waals surface area contributed by atoms with E-state index in [2.05, 4.69) is 5.32 Å². The Morgan fingerprint density at radius 1 is 1.53 bits per heavy atom. The molecule has 0 radical (unpaired) electrons. The molecule has 110 valence electrons. The van der Waals surface area contributed by atoms with Gasteiger partial charge in [-0.2, -0.15) is 0 Å². The molecule has 19 heavy (non-hydrogen) atoms. The lowest BCUT2D eigenvalue weighted by Crippen LogP contribution is -2.65. The van der Waals surface area contributed by atoms with Gasteiger partial charge < -0.3 is 34.9 Å². The number of aliphatic hydroxyl groups is 3. The molecule has 1 aliphatic heterocycles. The zero-order chi connectivity index (χ0) is 14.6. The van der Waals surface area contributed by atoms with Gasteiger partial charge in [-0.15, -0.1) is 0 Å². The molecular weight excluding hydrogens is 258 g/mol. The van der Waals surface area contributed by atoms with E-state index in [0.29, 0.717) is 6.29 Å². The number of rotatable bonds is 5. The van der Waals surface area contributed by atoms with Crippen LogP contribution in [0.25, 0.3) is 0 Å². The summed E-state index contributed by atoms with van der Waals surface area (Å²) >= 11 is 0. The monoisotopic (exact) mass is 277 g/mol. The standard InChI is InChI=1S/C11H19NO7/c1-5(3-13)18-10-8(12-6(2)15)11(17)19-7(4-14)9(10)16/h3,5,7-11,14,16-17H,4H2,1-2H3,(H,12,15)/t5-,7-,8-,9-,10-,11-/m1/s1. The van der Waals surface area contributed by atoms with Gasteiger partial charge in [0.05, 0.1) is 6.61 Å². The molecule has 0 aliphatic carbocycles. The Morgan fingerprint density at radius 3 is 2.63 bits per heavy atom. The summed E-state index contributed by atoms with van der Waals surface area (Å²) in [5, 5.41) is 31.2. The van der Waals surface area contributed by atoms with E-state index in [1.165, 1.54) is 13.8 Å². The minimum Gasteiger partial charge on any atom is -0.394 e. The largest absolute Gasteiger partial charge is 0.394 e. The van der Waals surface area contributed by atoms with Gasteiger partial charge in [0.25, 0.3) is 0 Å². The third kappa shape index (κ3) is 3.95. The average molecular weight is 277 g/mol. The fraction of sp³-hybridized carbons (Fsp3) is 0.818. The first kappa shape index (κ1) is 16.0. The van der Waals surface area contributed by atoms with Crippen molar-refractivity contribution in [3.05, 3.63) is 0 Å². The minimum absolute atomic E-state index is 0.449. The number of amides is 1. The molecule has 0 saturated carbocycles. The van der Waals surface area contributed by atoms with Crippen LogP contribution in [0.1, 0.15) is 13.8 Å². The Hall–Kier alpha value is -1.06. The van der Waals surface area contributed by atoms with Crippen LogP contribution in [0.3, 0.4) is 0 Å². The van der Waals surface area contributed by atoms with E-state index in [0.717, 1.165) is 0 Å². The summed E-state index contributed by atoms with van der Waals surface area (Å²) in [7, 11) is 0. The maximum absolute atomic E-state index is 11.1. The molecule has 1 fully saturated rings. The maximum Gasteiger partial charge on any atom is 0.217 e. The number of ether oxygens (including phenoxy) is 2. The number of aliphatic hydroxyl groups excluding tert-OH is 3. The molecule has 0 aromatic carbocycles. The van der Waals surface area contributed by atoms with Crippen molar-refractivity contribution in [3.63, 3.8) is 0 Å². The Balaban J connectivity index is 2.89. The first-order valence-corrected chi connectivity index (χ1v) is 5.91. The van der Waals surface area contributed by atoms with Gasteiger partial charge in [-0.1, -0.05) is 0 Å². The van der Waals surface area contributed by atoms with Crippen LogP contribution < -0.4 is 5.32 Å². The van der Waals surface area contributed by atoms with E-state index in [1.54, 1.807) is 0 Å². The van der Waals surface area contributed by atoms with Crippen LogP contribution in [0.5, 0.6) is 0 Å². The highest BCUT2D eigenvalue weighted by molar-refractivity contribution is 5.73. The summed E-state index contributed by atoms with van der Waals surface area (Å²) in [6.45, 7) is 2.16. The second-order valence-electron chi connectivity index (χ2n) is 4.41. The normalized spacial score (nSPS) is 36.6. The zero-order valence-corrected chi connectivity index (χ0v) is 10.7. The molecule has 8 heteroatoms. The first-order chi connectivity index (χ1) is 8.90. The molecule has 0 aromatic heterocycles. The van der Waals surface area contributed by atoms with E-state index in [9.17, 15) is 19.8 Å². The highest BCUT2D eigenvalue weighted by atomic mass is 16.6. The van der Waals surface area contributed by atoms with Crippen molar-refractivity contribution in [3.8, 4) is 0 Å². The van der Waals surface area contributed by atoms with Crippen molar-refractivity contribution >= 4 is 12.2 Å². The van der Waals surface area contributed by atoms with Crippen LogP contribution >= 0.6 is 0 Å². The molecular formula is C11H19NO7. The Labute approximate surface area is 110 Å². The van der Waals surface area contributed by atoms with Gasteiger partial charge in [0.2, 0.25) is 5.91 Å². The van der Waals surface area contributed by atoms with Gasteiger partial charge in [-0.25, -0.2) is 0 Å². The van der Waals surface area contributed by atoms with Crippen LogP contribution in [0.2, 0.25) is 0 Å². The van der Waals surface area contributed by atoms with Crippen molar-refractivity contribution in [2.75, 3.05) is 6.61 Å². The second-order valence-corrected chi connectivity index (χ2v) is 4.41. The highest BCUT2D eigenvalue weighted by Crippen LogP contribution is 2.23. The third-order valence-electron chi connectivity index (χ3n) is 2.81. The van der Waals surface area contributed by atoms with E-state index in [-0.39, 0.29) is 0 Å². The average Bonchev–Trinajstić information content (AvgIpc) is 2.36. The number of carbonyl (C=O) groups is 2. The highest BCUT2D eigenvalue weighted by Gasteiger charge is 2.46. The molecule has 8 nitrogen and oxygen atoms in total. The summed E-state index contributed by atoms with van der Waals surface area (Å²) in [5.74, 6) is -0.449. The topological polar surface area (TPSA) is 125 Å².